The Labute approximate surface area is 203 Å². The van der Waals surface area contributed by atoms with Gasteiger partial charge in [0.15, 0.2) is 5.78 Å². The van der Waals surface area contributed by atoms with Gasteiger partial charge in [-0.2, -0.15) is 5.26 Å². The molecule has 2 aromatic heterocycles. The van der Waals surface area contributed by atoms with E-state index in [1.54, 1.807) is 31.4 Å². The summed E-state index contributed by atoms with van der Waals surface area (Å²) in [6.07, 6.45) is 4.33. The summed E-state index contributed by atoms with van der Waals surface area (Å²) < 4.78 is 8.53. The lowest BCUT2D eigenvalue weighted by atomic mass is 10.1. The van der Waals surface area contributed by atoms with Gasteiger partial charge < -0.3 is 19.9 Å². The molecule has 1 aliphatic heterocycles. The maximum atomic E-state index is 13.7. The van der Waals surface area contributed by atoms with E-state index in [-0.39, 0.29) is 23.9 Å². The van der Waals surface area contributed by atoms with E-state index in [1.165, 1.54) is 10.9 Å². The molecular weight excluding hydrogens is 444 g/mol. The molecule has 3 heterocycles. The Morgan fingerprint density at radius 3 is 2.86 bits per heavy atom. The Kier molecular flexibility index (Phi) is 6.07. The second-order valence-electron chi connectivity index (χ2n) is 9.77. The number of hydrogen-bond acceptors (Lipinski definition) is 7. The molecule has 3 atom stereocenters. The zero-order chi connectivity index (χ0) is 24.7. The van der Waals surface area contributed by atoms with Crippen molar-refractivity contribution in [1.29, 1.82) is 5.26 Å². The zero-order valence-electron chi connectivity index (χ0n) is 20.1. The van der Waals surface area contributed by atoms with E-state index in [9.17, 15) is 14.9 Å². The summed E-state index contributed by atoms with van der Waals surface area (Å²) in [6, 6.07) is 9.19. The molecule has 9 nitrogen and oxygen atoms in total. The number of ketones is 1. The molecule has 0 amide bonds. The fraction of sp³-hybridized carbons (Fsp3) is 0.462. The number of carbonyl (C=O) groups excluding carboxylic acids is 1. The van der Waals surface area contributed by atoms with Crippen molar-refractivity contribution in [3.05, 3.63) is 52.1 Å². The van der Waals surface area contributed by atoms with Gasteiger partial charge in [-0.1, -0.05) is 19.1 Å². The van der Waals surface area contributed by atoms with Crippen LogP contribution in [0.15, 0.2) is 35.4 Å². The van der Waals surface area contributed by atoms with E-state index in [0.717, 1.165) is 31.6 Å². The Hall–Kier alpha value is -3.64. The summed E-state index contributed by atoms with van der Waals surface area (Å²) in [5.74, 6) is 2.11. The third-order valence-corrected chi connectivity index (χ3v) is 7.27. The number of nitrogens with zero attached hydrogens (tertiary/aromatic N) is 5. The fourth-order valence-corrected chi connectivity index (χ4v) is 5.11. The highest BCUT2D eigenvalue weighted by molar-refractivity contribution is 5.96. The molecule has 2 N–H and O–H groups in total. The molecule has 1 saturated heterocycles. The van der Waals surface area contributed by atoms with Crippen molar-refractivity contribution in [3.63, 3.8) is 0 Å². The van der Waals surface area contributed by atoms with E-state index in [0.29, 0.717) is 52.8 Å². The number of hydrogen-bond donors (Lipinski definition) is 1. The van der Waals surface area contributed by atoms with Crippen molar-refractivity contribution in [2.24, 2.45) is 17.6 Å². The Morgan fingerprint density at radius 1 is 1.37 bits per heavy atom. The fourth-order valence-electron chi connectivity index (χ4n) is 5.11. The third-order valence-electron chi connectivity index (χ3n) is 7.27. The predicted octanol–water partition coefficient (Wildman–Crippen LogP) is 2.54. The summed E-state index contributed by atoms with van der Waals surface area (Å²) in [5, 5.41) is 10.1. The molecule has 182 valence electrons. The number of anilines is 1. The number of piperidine rings is 1. The summed E-state index contributed by atoms with van der Waals surface area (Å²) in [7, 11) is 1.54. The van der Waals surface area contributed by atoms with Gasteiger partial charge in [0.05, 0.1) is 20.0 Å². The van der Waals surface area contributed by atoms with E-state index >= 15 is 0 Å². The molecule has 1 aliphatic carbocycles. The minimum absolute atomic E-state index is 0.0201. The lowest BCUT2D eigenvalue weighted by Crippen LogP contribution is -2.44. The van der Waals surface area contributed by atoms with Crippen LogP contribution in [0.2, 0.25) is 0 Å². The molecule has 1 aromatic carbocycles. The number of methoxy groups -OCH3 is 1. The number of carbonyl (C=O) groups is 1. The molecule has 3 aromatic rings. The van der Waals surface area contributed by atoms with E-state index in [2.05, 4.69) is 22.9 Å². The minimum atomic E-state index is -0.316. The van der Waals surface area contributed by atoms with Crippen LogP contribution in [0, 0.1) is 23.2 Å². The lowest BCUT2D eigenvalue weighted by Gasteiger charge is -2.33. The Morgan fingerprint density at radius 2 is 2.17 bits per heavy atom. The number of Topliss-reactive ketones (excluding diaryl/α,β-unsaturated/α-hetero) is 1. The van der Waals surface area contributed by atoms with E-state index in [1.807, 2.05) is 4.57 Å². The van der Waals surface area contributed by atoms with Gasteiger partial charge in [0.1, 0.15) is 34.2 Å². The molecule has 2 aliphatic rings. The van der Waals surface area contributed by atoms with Crippen LogP contribution in [-0.4, -0.2) is 46.1 Å². The van der Waals surface area contributed by atoms with E-state index < -0.39 is 0 Å². The largest absolute Gasteiger partial charge is 0.497 e. The summed E-state index contributed by atoms with van der Waals surface area (Å²) >= 11 is 0. The monoisotopic (exact) mass is 474 g/mol. The van der Waals surface area contributed by atoms with Crippen molar-refractivity contribution < 1.29 is 9.53 Å². The number of benzene rings is 1. The van der Waals surface area contributed by atoms with Gasteiger partial charge in [-0.25, -0.2) is 4.98 Å². The highest BCUT2D eigenvalue weighted by Crippen LogP contribution is 2.42. The van der Waals surface area contributed by atoms with Crippen LogP contribution in [0.1, 0.15) is 42.1 Å². The summed E-state index contributed by atoms with van der Waals surface area (Å²) in [6.45, 7) is 4.10. The van der Waals surface area contributed by atoms with E-state index in [4.69, 9.17) is 10.5 Å². The molecule has 35 heavy (non-hydrogen) atoms. The topological polar surface area (TPSA) is 119 Å². The maximum absolute atomic E-state index is 13.7. The molecule has 0 unspecified atom stereocenters. The van der Waals surface area contributed by atoms with Gasteiger partial charge in [-0.3, -0.25) is 14.2 Å². The number of nitriles is 1. The summed E-state index contributed by atoms with van der Waals surface area (Å²) in [5.41, 5.74) is 7.59. The number of rotatable bonds is 7. The van der Waals surface area contributed by atoms with Crippen molar-refractivity contribution in [3.8, 4) is 11.8 Å². The third kappa shape index (κ3) is 4.30. The van der Waals surface area contributed by atoms with Gasteiger partial charge in [-0.15, -0.1) is 0 Å². The number of fused-ring (bicyclic) bond motifs is 1. The van der Waals surface area contributed by atoms with Gasteiger partial charge >= 0.3 is 0 Å². The van der Waals surface area contributed by atoms with Crippen molar-refractivity contribution >= 4 is 22.6 Å². The summed E-state index contributed by atoms with van der Waals surface area (Å²) in [4.78, 5) is 33.3. The molecule has 2 fully saturated rings. The smallest absolute Gasteiger partial charge is 0.278 e. The van der Waals surface area contributed by atoms with Crippen LogP contribution in [0.5, 0.6) is 5.75 Å². The molecule has 0 bridgehead atoms. The average molecular weight is 475 g/mol. The standard InChI is InChI=1S/C26H30N6O3/c1-16-9-18(16)12-32-24-23(21(11-27)25(32)30-8-4-6-19(28)13-30)29-15-31(26(24)34)14-22(33)17-5-3-7-20(10-17)35-2/h3,5,7,10,15-16,18-19H,4,6,8-9,12-14,28H2,1-2H3/t16-,18+,19+/m0/s1. The van der Waals surface area contributed by atoms with Crippen LogP contribution in [0.25, 0.3) is 11.0 Å². The van der Waals surface area contributed by atoms with Gasteiger partial charge in [-0.05, 0) is 43.2 Å². The highest BCUT2D eigenvalue weighted by Gasteiger charge is 2.36. The van der Waals surface area contributed by atoms with Crippen molar-refractivity contribution in [1.82, 2.24) is 14.1 Å². The number of ether oxygens (including phenoxy) is 1. The van der Waals surface area contributed by atoms with Crippen LogP contribution in [0.4, 0.5) is 5.82 Å². The van der Waals surface area contributed by atoms with Crippen LogP contribution in [0.3, 0.4) is 0 Å². The van der Waals surface area contributed by atoms with Crippen molar-refractivity contribution in [2.75, 3.05) is 25.1 Å². The zero-order valence-corrected chi connectivity index (χ0v) is 20.1. The molecule has 0 radical (unpaired) electrons. The molecule has 5 rings (SSSR count). The van der Waals surface area contributed by atoms with Crippen LogP contribution < -0.4 is 20.9 Å². The normalized spacial score (nSPS) is 21.7. The van der Waals surface area contributed by atoms with Gasteiger partial charge in [0.2, 0.25) is 0 Å². The SMILES string of the molecule is COc1cccc(C(=O)Cn2cnc3c(C#N)c(N4CCC[C@@H](N)C4)n(C[C@H]4C[C@@H]4C)c3c2=O)c1. The Bertz CT molecular complexity index is 1380. The lowest BCUT2D eigenvalue weighted by molar-refractivity contribution is 0.0970. The van der Waals surface area contributed by atoms with Crippen molar-refractivity contribution in [2.45, 2.75) is 45.3 Å². The predicted molar refractivity (Wildman–Crippen MR) is 133 cm³/mol. The number of aromatic nitrogens is 3. The first-order valence-electron chi connectivity index (χ1n) is 12.1. The highest BCUT2D eigenvalue weighted by atomic mass is 16.5. The van der Waals surface area contributed by atoms with Gasteiger partial charge in [0, 0.05) is 31.2 Å². The first kappa shape index (κ1) is 23.1. The second-order valence-corrected chi connectivity index (χ2v) is 9.77. The first-order valence-corrected chi connectivity index (χ1v) is 12.1. The molecule has 0 spiro atoms. The maximum Gasteiger partial charge on any atom is 0.278 e. The minimum Gasteiger partial charge on any atom is -0.497 e. The second kappa shape index (κ2) is 9.19. The molecular formula is C26H30N6O3. The number of nitrogens with two attached hydrogens (primary N) is 1. The van der Waals surface area contributed by atoms with Gasteiger partial charge in [0.25, 0.3) is 5.56 Å². The molecule has 9 heteroatoms. The first-order chi connectivity index (χ1) is 16.9. The van der Waals surface area contributed by atoms with Crippen LogP contribution in [-0.2, 0) is 13.1 Å². The molecule has 1 saturated carbocycles. The Balaban J connectivity index is 1.60. The van der Waals surface area contributed by atoms with Crippen LogP contribution >= 0.6 is 0 Å². The average Bonchev–Trinajstić information content (AvgIpc) is 3.46. The quantitative estimate of drug-likeness (QED) is 0.523.